The minimum Gasteiger partial charge on any atom is -0.489 e. The van der Waals surface area contributed by atoms with Gasteiger partial charge in [0.2, 0.25) is 23.8 Å². The summed E-state index contributed by atoms with van der Waals surface area (Å²) in [6, 6.07) is 17.9. The molecule has 3 aromatic rings. The highest BCUT2D eigenvalue weighted by Gasteiger charge is 2.30. The Kier molecular flexibility index (Phi) is 24.0. The Morgan fingerprint density at radius 1 is 0.733 bits per heavy atom. The van der Waals surface area contributed by atoms with Gasteiger partial charge in [-0.15, -0.1) is 0 Å². The van der Waals surface area contributed by atoms with Gasteiger partial charge in [-0.2, -0.15) is 0 Å². The van der Waals surface area contributed by atoms with Crippen LogP contribution < -0.4 is 47.1 Å². The number of carbonyl (C=O) groups excluding carboxylic acids is 8. The number of primary amides is 1. The topological polar surface area (TPSA) is 293 Å². The lowest BCUT2D eigenvalue weighted by Crippen LogP contribution is -2.54. The van der Waals surface area contributed by atoms with E-state index in [9.17, 15) is 38.4 Å². The first-order valence-corrected chi connectivity index (χ1v) is 24.8. The third kappa shape index (κ3) is 20.2. The first kappa shape index (κ1) is 58.1. The number of allylic oxidation sites excluding steroid dienone is 1. The molecule has 0 fully saturated rings. The number of fused-ring (bicyclic) bond motifs is 1. The second-order valence-corrected chi connectivity index (χ2v) is 17.6. The molecule has 75 heavy (non-hydrogen) atoms. The molecule has 3 aromatic carbocycles. The maximum atomic E-state index is 13.8. The Morgan fingerprint density at radius 2 is 1.40 bits per heavy atom. The maximum Gasteiger partial charge on any atom is 0.408 e. The Morgan fingerprint density at radius 3 is 2.07 bits per heavy atom. The highest BCUT2D eigenvalue weighted by Crippen LogP contribution is 2.34. The minimum atomic E-state index is -1.15. The van der Waals surface area contributed by atoms with E-state index in [-0.39, 0.29) is 95.6 Å². The molecule has 0 radical (unpaired) electrons. The number of anilines is 1. The van der Waals surface area contributed by atoms with E-state index in [1.54, 1.807) is 62.4 Å². The van der Waals surface area contributed by atoms with Crippen molar-refractivity contribution in [3.05, 3.63) is 108 Å². The third-order valence-corrected chi connectivity index (χ3v) is 11.6. The lowest BCUT2D eigenvalue weighted by Gasteiger charge is -2.25. The average molecular weight is 1040 g/mol. The SMILES string of the molecule is CC1=CCOc2cc(OC(C(=O)NCCOCCOCCOCCNC(=O)CCCN3C(=O)C=CC3=O)c3ccc(NC(=O)C(CCCNC(N)=O)NC(=O)C(NC(=O)OCc4ccccc4)C(C)C)cc3)ccc21. The van der Waals surface area contributed by atoms with Gasteiger partial charge in [0, 0.05) is 67.6 Å². The van der Waals surface area contributed by atoms with Crippen molar-refractivity contribution in [2.75, 3.05) is 77.7 Å². The fourth-order valence-corrected chi connectivity index (χ4v) is 7.52. The first-order chi connectivity index (χ1) is 36.2. The van der Waals surface area contributed by atoms with Gasteiger partial charge in [-0.3, -0.25) is 33.7 Å². The van der Waals surface area contributed by atoms with Gasteiger partial charge in [0.15, 0.2) is 0 Å². The normalized spacial score (nSPS) is 13.9. The largest absolute Gasteiger partial charge is 0.489 e. The zero-order valence-electron chi connectivity index (χ0n) is 42.5. The maximum absolute atomic E-state index is 13.8. The summed E-state index contributed by atoms with van der Waals surface area (Å²) in [7, 11) is 0. The molecule has 0 saturated heterocycles. The van der Waals surface area contributed by atoms with Crippen molar-refractivity contribution in [2.45, 2.75) is 71.2 Å². The number of nitrogens with two attached hydrogens (primary N) is 1. The first-order valence-electron chi connectivity index (χ1n) is 24.8. The van der Waals surface area contributed by atoms with Gasteiger partial charge < -0.3 is 66.1 Å². The van der Waals surface area contributed by atoms with Crippen LogP contribution in [0.15, 0.2) is 91.0 Å². The van der Waals surface area contributed by atoms with Crippen molar-refractivity contribution in [1.82, 2.24) is 31.5 Å². The number of urea groups is 1. The smallest absolute Gasteiger partial charge is 0.408 e. The van der Waals surface area contributed by atoms with Crippen LogP contribution >= 0.6 is 0 Å². The van der Waals surface area contributed by atoms with Gasteiger partial charge >= 0.3 is 12.1 Å². The van der Waals surface area contributed by atoms with Gasteiger partial charge in [-0.1, -0.05) is 56.3 Å². The second kappa shape index (κ2) is 31.0. The summed E-state index contributed by atoms with van der Waals surface area (Å²) in [4.78, 5) is 102. The number of hydrogen-bond acceptors (Lipinski definition) is 14. The molecule has 22 nitrogen and oxygen atoms in total. The molecule has 0 bridgehead atoms. The predicted molar refractivity (Wildman–Crippen MR) is 275 cm³/mol. The van der Waals surface area contributed by atoms with Crippen LogP contribution in [0.5, 0.6) is 11.5 Å². The molecule has 2 aliphatic rings. The van der Waals surface area contributed by atoms with Crippen LogP contribution in [0.25, 0.3) is 5.57 Å². The Labute approximate surface area is 435 Å². The van der Waals surface area contributed by atoms with Gasteiger partial charge in [0.1, 0.15) is 36.8 Å². The van der Waals surface area contributed by atoms with Crippen LogP contribution in [-0.2, 0) is 54.3 Å². The molecule has 8 N–H and O–H groups in total. The predicted octanol–water partition coefficient (Wildman–Crippen LogP) is 3.41. The molecule has 0 aliphatic carbocycles. The standard InChI is InChI=1S/C53H68N8O14/c1-35(2)47(60-53(69)74-34-37-9-5-4-6-10-37)50(66)59-42(11-7-22-57-52(54)68)49(65)58-39-15-13-38(14-16-39)48(75-40-17-18-41-36(3)21-26-73-43(41)33-40)51(67)56-24-28-71-30-32-72-31-29-70-27-23-55-44(62)12-8-25-61-45(63)19-20-46(61)64/h4-6,9-10,13-21,33,35,42,47-48H,7-8,11-12,22-32,34H2,1-3H3,(H,55,62)(H,56,67)(H,58,65)(H,59,66)(H,60,69)(H3,54,57,68). The molecule has 0 saturated carbocycles. The zero-order chi connectivity index (χ0) is 54.0. The summed E-state index contributed by atoms with van der Waals surface area (Å²) in [5, 5.41) is 16.2. The van der Waals surface area contributed by atoms with Crippen molar-refractivity contribution in [1.29, 1.82) is 0 Å². The summed E-state index contributed by atoms with van der Waals surface area (Å²) in [6.07, 6.45) is 3.34. The van der Waals surface area contributed by atoms with Crippen LogP contribution in [0, 0.1) is 5.92 Å². The van der Waals surface area contributed by atoms with Gasteiger partial charge in [0.25, 0.3) is 17.7 Å². The Hall–Kier alpha value is -7.82. The van der Waals surface area contributed by atoms with Crippen molar-refractivity contribution in [3.8, 4) is 11.5 Å². The van der Waals surface area contributed by atoms with Crippen molar-refractivity contribution >= 4 is 58.8 Å². The monoisotopic (exact) mass is 1040 g/mol. The second-order valence-electron chi connectivity index (χ2n) is 17.6. The number of ether oxygens (including phenoxy) is 6. The van der Waals surface area contributed by atoms with Crippen LogP contribution in [0.3, 0.4) is 0 Å². The summed E-state index contributed by atoms with van der Waals surface area (Å²) < 4.78 is 34.2. The van der Waals surface area contributed by atoms with Crippen molar-refractivity contribution in [2.24, 2.45) is 11.7 Å². The summed E-state index contributed by atoms with van der Waals surface area (Å²) in [5.74, 6) is -2.01. The minimum absolute atomic E-state index is 0.00712. The molecule has 0 aromatic heterocycles. The number of nitrogens with zero attached hydrogens (tertiary/aromatic N) is 1. The molecule has 0 spiro atoms. The number of benzene rings is 3. The van der Waals surface area contributed by atoms with Crippen LogP contribution in [0.4, 0.5) is 15.3 Å². The molecular formula is C53H68N8O14. The molecule has 2 heterocycles. The molecule has 404 valence electrons. The summed E-state index contributed by atoms with van der Waals surface area (Å²) >= 11 is 0. The van der Waals surface area contributed by atoms with Gasteiger partial charge in [-0.25, -0.2) is 9.59 Å². The van der Waals surface area contributed by atoms with E-state index in [0.717, 1.165) is 21.6 Å². The summed E-state index contributed by atoms with van der Waals surface area (Å²) in [5.41, 5.74) is 8.74. The highest BCUT2D eigenvalue weighted by atomic mass is 16.6. The highest BCUT2D eigenvalue weighted by molar-refractivity contribution is 6.12. The molecule has 9 amide bonds. The number of rotatable bonds is 32. The Balaban J connectivity index is 1.09. The molecule has 2 aliphatic heterocycles. The number of carbonyl (C=O) groups is 8. The summed E-state index contributed by atoms with van der Waals surface area (Å²) in [6.45, 7) is 8.18. The molecule has 22 heteroatoms. The number of amides is 9. The number of imide groups is 1. The molecule has 3 atom stereocenters. The Bertz CT molecular complexity index is 2450. The van der Waals surface area contributed by atoms with Crippen LogP contribution in [0.2, 0.25) is 0 Å². The fraction of sp³-hybridized carbons (Fsp3) is 0.434. The molecular weight excluding hydrogens is 973 g/mol. The number of hydrogen-bond donors (Lipinski definition) is 7. The quantitative estimate of drug-likeness (QED) is 0.0349. The van der Waals surface area contributed by atoms with E-state index in [4.69, 9.17) is 34.2 Å². The van der Waals surface area contributed by atoms with E-state index < -0.39 is 48.0 Å². The van der Waals surface area contributed by atoms with E-state index in [0.29, 0.717) is 55.5 Å². The average Bonchev–Trinajstić information content (AvgIpc) is 3.71. The van der Waals surface area contributed by atoms with Gasteiger partial charge in [0.05, 0.1) is 39.6 Å². The molecule has 3 unspecified atom stereocenters. The van der Waals surface area contributed by atoms with Crippen molar-refractivity contribution in [3.63, 3.8) is 0 Å². The lowest BCUT2D eigenvalue weighted by molar-refractivity contribution is -0.137. The van der Waals surface area contributed by atoms with Crippen molar-refractivity contribution < 1.29 is 66.8 Å². The third-order valence-electron chi connectivity index (χ3n) is 11.6. The van der Waals surface area contributed by atoms with E-state index in [1.165, 1.54) is 12.2 Å². The zero-order valence-corrected chi connectivity index (χ0v) is 42.5. The van der Waals surface area contributed by atoms with E-state index >= 15 is 0 Å². The lowest BCUT2D eigenvalue weighted by atomic mass is 10.0. The number of alkyl carbamates (subject to hydrolysis) is 1. The van der Waals surface area contributed by atoms with Crippen LogP contribution in [0.1, 0.15) is 69.2 Å². The van der Waals surface area contributed by atoms with Gasteiger partial charge in [-0.05, 0) is 73.6 Å². The number of nitrogens with one attached hydrogen (secondary N) is 6. The van der Waals surface area contributed by atoms with E-state index in [2.05, 4.69) is 31.9 Å². The van der Waals surface area contributed by atoms with E-state index in [1.807, 2.05) is 37.3 Å². The van der Waals surface area contributed by atoms with Crippen LogP contribution in [-0.4, -0.2) is 137 Å². The molecule has 5 rings (SSSR count). The fourth-order valence-electron chi connectivity index (χ4n) is 7.52.